The van der Waals surface area contributed by atoms with E-state index >= 15 is 0 Å². The van der Waals surface area contributed by atoms with E-state index in [0.29, 0.717) is 0 Å². The predicted molar refractivity (Wildman–Crippen MR) is 21.9 cm³/mol. The summed E-state index contributed by atoms with van der Waals surface area (Å²) in [6.07, 6.45) is -1.03. The zero-order valence-electron chi connectivity index (χ0n) is 4.66. The van der Waals surface area contributed by atoms with Gasteiger partial charge in [-0.2, -0.15) is 0 Å². The van der Waals surface area contributed by atoms with Crippen molar-refractivity contribution in [1.29, 1.82) is 0 Å². The number of aliphatic carboxylic acids is 2. The van der Waals surface area contributed by atoms with Crippen molar-refractivity contribution in [3.63, 3.8) is 0 Å². The van der Waals surface area contributed by atoms with Crippen molar-refractivity contribution in [2.24, 2.45) is 0 Å². The van der Waals surface area contributed by atoms with Crippen LogP contribution in [0.1, 0.15) is 6.42 Å². The summed E-state index contributed by atoms with van der Waals surface area (Å²) in [6.45, 7) is 0. The summed E-state index contributed by atoms with van der Waals surface area (Å²) in [4.78, 5) is 18.6. The van der Waals surface area contributed by atoms with E-state index in [-0.39, 0.29) is 32.0 Å². The van der Waals surface area contributed by atoms with Crippen LogP contribution in [0.25, 0.3) is 0 Å². The van der Waals surface area contributed by atoms with Crippen molar-refractivity contribution in [3.05, 3.63) is 0 Å². The van der Waals surface area contributed by atoms with Gasteiger partial charge in [-0.3, -0.25) is 0 Å². The average Bonchev–Trinajstić information content (AvgIpc) is 1.27. The molecule has 0 aromatic carbocycles. The van der Waals surface area contributed by atoms with Crippen LogP contribution in [-0.2, 0) is 30.7 Å². The van der Waals surface area contributed by atoms with E-state index in [2.05, 4.69) is 0 Å². The molecule has 0 spiro atoms. The topological polar surface area (TPSA) is 143 Å². The fourth-order valence-corrected chi connectivity index (χ4v) is 0.118. The molecule has 0 radical (unpaired) electrons. The van der Waals surface area contributed by atoms with Gasteiger partial charge in [0.15, 0.2) is 0 Å². The first-order chi connectivity index (χ1) is 3.13. The van der Waals surface area contributed by atoms with Gasteiger partial charge in [0.05, 0.1) is 0 Å². The SMILES string of the molecule is O.O.O=C([O-])CC(=O)[O-].[Pt+2]. The maximum Gasteiger partial charge on any atom is 2.00 e. The van der Waals surface area contributed by atoms with Gasteiger partial charge in [-0.25, -0.2) is 0 Å². The number of carboxylic acid groups (broad SMARTS) is 2. The summed E-state index contributed by atoms with van der Waals surface area (Å²) in [5, 5.41) is 18.6. The van der Waals surface area contributed by atoms with Gasteiger partial charge in [0.1, 0.15) is 0 Å². The van der Waals surface area contributed by atoms with Gasteiger partial charge >= 0.3 is 21.1 Å². The van der Waals surface area contributed by atoms with Crippen molar-refractivity contribution in [3.8, 4) is 0 Å². The van der Waals surface area contributed by atoms with Crippen LogP contribution in [0.3, 0.4) is 0 Å². The summed E-state index contributed by atoms with van der Waals surface area (Å²) in [7, 11) is 0. The molecule has 0 aromatic heterocycles. The average molecular weight is 333 g/mol. The minimum absolute atomic E-state index is 0. The molecule has 0 aliphatic carbocycles. The third-order valence-electron chi connectivity index (χ3n) is 0.289. The van der Waals surface area contributed by atoms with Gasteiger partial charge in [0.2, 0.25) is 0 Å². The standard InChI is InChI=1S/C3H4O4.2H2O.Pt/c4-2(5)1-3(6)7;;;/h1H2,(H,4,5)(H,6,7);2*1H2;/q;;;+2/p-2. The Morgan fingerprint density at radius 1 is 1.00 bits per heavy atom. The zero-order valence-corrected chi connectivity index (χ0v) is 6.93. The molecule has 0 unspecified atom stereocenters. The van der Waals surface area contributed by atoms with Crippen LogP contribution in [-0.4, -0.2) is 22.9 Å². The normalized spacial score (nSPS) is 5.60. The molecular formula is C3H6O6Pt. The van der Waals surface area contributed by atoms with Crippen molar-refractivity contribution in [2.75, 3.05) is 0 Å². The van der Waals surface area contributed by atoms with Crippen LogP contribution in [0.15, 0.2) is 0 Å². The van der Waals surface area contributed by atoms with Gasteiger partial charge in [-0.05, 0) is 0 Å². The molecule has 64 valence electrons. The Bertz CT molecular complexity index is 89.2. The largest absolute Gasteiger partial charge is 2.00 e. The van der Waals surface area contributed by atoms with Gasteiger partial charge in [-0.1, -0.05) is 0 Å². The molecule has 0 aromatic rings. The monoisotopic (exact) mass is 333 g/mol. The minimum Gasteiger partial charge on any atom is -0.550 e. The number of carboxylic acids is 2. The smallest absolute Gasteiger partial charge is 0.550 e. The van der Waals surface area contributed by atoms with Crippen LogP contribution in [0.5, 0.6) is 0 Å². The molecule has 0 amide bonds. The Balaban J connectivity index is -0.0000000600. The molecule has 0 aliphatic heterocycles. The van der Waals surface area contributed by atoms with E-state index in [1.807, 2.05) is 0 Å². The number of hydrogen-bond acceptors (Lipinski definition) is 4. The van der Waals surface area contributed by atoms with Gasteiger partial charge in [-0.15, -0.1) is 0 Å². The molecule has 6 nitrogen and oxygen atoms in total. The van der Waals surface area contributed by atoms with E-state index in [0.717, 1.165) is 0 Å². The molecule has 7 heteroatoms. The number of carbonyl (C=O) groups excluding carboxylic acids is 2. The quantitative estimate of drug-likeness (QED) is 0.467. The zero-order chi connectivity index (χ0) is 5.86. The fraction of sp³-hybridized carbons (Fsp3) is 0.333. The third kappa shape index (κ3) is 25.7. The molecule has 0 rings (SSSR count). The number of carbonyl (C=O) groups is 2. The number of hydrogen-bond donors (Lipinski definition) is 0. The van der Waals surface area contributed by atoms with E-state index in [1.165, 1.54) is 0 Å². The Hall–Kier alpha value is -0.452. The third-order valence-corrected chi connectivity index (χ3v) is 0.289. The number of rotatable bonds is 2. The summed E-state index contributed by atoms with van der Waals surface area (Å²) >= 11 is 0. The van der Waals surface area contributed by atoms with Gasteiger partial charge in [0.25, 0.3) is 0 Å². The first-order valence-electron chi connectivity index (χ1n) is 1.52. The van der Waals surface area contributed by atoms with E-state index in [9.17, 15) is 19.8 Å². The molecule has 4 N–H and O–H groups in total. The van der Waals surface area contributed by atoms with Gasteiger partial charge < -0.3 is 30.8 Å². The molecular weight excluding hydrogens is 327 g/mol. The van der Waals surface area contributed by atoms with Gasteiger partial charge in [0, 0.05) is 18.4 Å². The maximum absolute atomic E-state index is 9.28. The summed E-state index contributed by atoms with van der Waals surface area (Å²) < 4.78 is 0. The van der Waals surface area contributed by atoms with Crippen molar-refractivity contribution < 1.29 is 51.8 Å². The Morgan fingerprint density at radius 2 is 1.20 bits per heavy atom. The van der Waals surface area contributed by atoms with E-state index in [1.54, 1.807) is 0 Å². The summed E-state index contributed by atoms with van der Waals surface area (Å²) in [5.41, 5.74) is 0. The van der Waals surface area contributed by atoms with Crippen LogP contribution in [0.2, 0.25) is 0 Å². The molecule has 0 saturated heterocycles. The second-order valence-corrected chi connectivity index (χ2v) is 0.921. The molecule has 10 heavy (non-hydrogen) atoms. The van der Waals surface area contributed by atoms with Crippen LogP contribution < -0.4 is 10.2 Å². The second kappa shape index (κ2) is 11.4. The molecule has 0 atom stereocenters. The molecule has 0 saturated carbocycles. The van der Waals surface area contributed by atoms with E-state index in [4.69, 9.17) is 0 Å². The van der Waals surface area contributed by atoms with Crippen molar-refractivity contribution in [2.45, 2.75) is 6.42 Å². The minimum atomic E-state index is -1.63. The van der Waals surface area contributed by atoms with Crippen LogP contribution in [0.4, 0.5) is 0 Å². The van der Waals surface area contributed by atoms with Crippen LogP contribution >= 0.6 is 0 Å². The molecule has 0 aliphatic rings. The molecule has 0 fully saturated rings. The Morgan fingerprint density at radius 3 is 1.20 bits per heavy atom. The predicted octanol–water partition coefficient (Wildman–Crippen LogP) is -4.78. The molecule has 0 heterocycles. The Kier molecular flexibility index (Phi) is 25.7. The molecule has 0 bridgehead atoms. The second-order valence-electron chi connectivity index (χ2n) is 0.921. The summed E-state index contributed by atoms with van der Waals surface area (Å²) in [6, 6.07) is 0. The summed E-state index contributed by atoms with van der Waals surface area (Å²) in [5.74, 6) is -3.25. The van der Waals surface area contributed by atoms with Crippen molar-refractivity contribution >= 4 is 11.9 Å². The fourth-order valence-electron chi connectivity index (χ4n) is 0.118. The van der Waals surface area contributed by atoms with E-state index < -0.39 is 18.4 Å². The first-order valence-corrected chi connectivity index (χ1v) is 1.52. The maximum atomic E-state index is 9.28. The Labute approximate surface area is 70.7 Å². The van der Waals surface area contributed by atoms with Crippen molar-refractivity contribution in [1.82, 2.24) is 0 Å². The first kappa shape index (κ1) is 22.7. The van der Waals surface area contributed by atoms with Crippen LogP contribution in [0, 0.1) is 0 Å².